The Bertz CT molecular complexity index is 1290. The average molecular weight is 425 g/mol. The van der Waals surface area contributed by atoms with Gasteiger partial charge in [0.15, 0.2) is 0 Å². The lowest BCUT2D eigenvalue weighted by Crippen LogP contribution is -2.20. The fourth-order valence-corrected chi connectivity index (χ4v) is 4.03. The van der Waals surface area contributed by atoms with Crippen molar-refractivity contribution in [2.24, 2.45) is 0 Å². The van der Waals surface area contributed by atoms with Gasteiger partial charge in [-0.1, -0.05) is 11.6 Å². The highest BCUT2D eigenvalue weighted by molar-refractivity contribution is 6.30. The molecule has 0 bridgehead atoms. The summed E-state index contributed by atoms with van der Waals surface area (Å²) in [6.45, 7) is 1.42. The Balaban J connectivity index is 1.64. The Morgan fingerprint density at radius 3 is 3.03 bits per heavy atom. The van der Waals surface area contributed by atoms with Crippen LogP contribution < -0.4 is 15.6 Å². The summed E-state index contributed by atoms with van der Waals surface area (Å²) in [5, 5.41) is 4.92. The number of anilines is 1. The van der Waals surface area contributed by atoms with E-state index in [1.807, 2.05) is 28.7 Å². The van der Waals surface area contributed by atoms with Crippen LogP contribution >= 0.6 is 11.6 Å². The Morgan fingerprint density at radius 1 is 1.33 bits per heavy atom. The van der Waals surface area contributed by atoms with Gasteiger partial charge < -0.3 is 19.8 Å². The summed E-state index contributed by atoms with van der Waals surface area (Å²) in [6.07, 6.45) is 4.01. The molecule has 30 heavy (non-hydrogen) atoms. The van der Waals surface area contributed by atoms with Crippen molar-refractivity contribution in [3.63, 3.8) is 0 Å². The zero-order chi connectivity index (χ0) is 20.7. The third-order valence-corrected chi connectivity index (χ3v) is 5.64. The zero-order valence-electron chi connectivity index (χ0n) is 16.4. The van der Waals surface area contributed by atoms with E-state index in [4.69, 9.17) is 26.1 Å². The molecule has 4 aromatic rings. The van der Waals surface area contributed by atoms with Crippen molar-refractivity contribution >= 4 is 34.0 Å². The molecule has 1 unspecified atom stereocenters. The van der Waals surface area contributed by atoms with Gasteiger partial charge in [0.2, 0.25) is 0 Å². The number of rotatable bonds is 5. The van der Waals surface area contributed by atoms with E-state index < -0.39 is 0 Å². The molecule has 1 fully saturated rings. The summed E-state index contributed by atoms with van der Waals surface area (Å²) in [6, 6.07) is 11.1. The van der Waals surface area contributed by atoms with E-state index in [0.29, 0.717) is 39.7 Å². The first-order valence-corrected chi connectivity index (χ1v) is 10.2. The highest BCUT2D eigenvalue weighted by atomic mass is 35.5. The summed E-state index contributed by atoms with van der Waals surface area (Å²) >= 11 is 6.23. The Hall–Kier alpha value is -3.03. The van der Waals surface area contributed by atoms with Crippen LogP contribution in [-0.2, 0) is 4.74 Å². The van der Waals surface area contributed by atoms with Gasteiger partial charge in [-0.05, 0) is 48.6 Å². The van der Waals surface area contributed by atoms with Crippen LogP contribution in [0.5, 0.6) is 5.75 Å². The lowest BCUT2D eigenvalue weighted by molar-refractivity contribution is 0.120. The maximum atomic E-state index is 13.0. The molecule has 0 aliphatic carbocycles. The standard InChI is InChI=1S/C22H21ClN4O3/c1-29-15-6-4-13-9-17(22(28)25-18(13)10-15)20-21(24-11-16-3-2-8-30-16)27-12-14(23)5-7-19(27)26-20/h4-7,9-10,12,16,24H,2-3,8,11H2,1H3,(H,25,28). The van der Waals surface area contributed by atoms with Gasteiger partial charge in [-0.15, -0.1) is 0 Å². The summed E-state index contributed by atoms with van der Waals surface area (Å²) < 4.78 is 12.9. The van der Waals surface area contributed by atoms with Gasteiger partial charge in [-0.25, -0.2) is 4.98 Å². The Labute approximate surface area is 177 Å². The van der Waals surface area contributed by atoms with E-state index in [-0.39, 0.29) is 11.7 Å². The highest BCUT2D eigenvalue weighted by Gasteiger charge is 2.21. The fraction of sp³-hybridized carbons (Fsp3) is 0.273. The zero-order valence-corrected chi connectivity index (χ0v) is 17.2. The second-order valence-corrected chi connectivity index (χ2v) is 7.80. The van der Waals surface area contributed by atoms with Crippen molar-refractivity contribution in [3.05, 3.63) is 58.0 Å². The Morgan fingerprint density at radius 2 is 2.23 bits per heavy atom. The lowest BCUT2D eigenvalue weighted by Gasteiger charge is -2.13. The summed E-state index contributed by atoms with van der Waals surface area (Å²) in [7, 11) is 1.60. The number of pyridine rings is 2. The van der Waals surface area contributed by atoms with E-state index in [1.165, 1.54) is 0 Å². The van der Waals surface area contributed by atoms with E-state index in [1.54, 1.807) is 25.4 Å². The van der Waals surface area contributed by atoms with Gasteiger partial charge >= 0.3 is 0 Å². The maximum absolute atomic E-state index is 13.0. The number of H-pyrrole nitrogens is 1. The number of nitrogens with one attached hydrogen (secondary N) is 2. The molecule has 1 aromatic carbocycles. The normalized spacial score (nSPS) is 16.4. The van der Waals surface area contributed by atoms with Crippen molar-refractivity contribution in [2.75, 3.05) is 25.6 Å². The third-order valence-electron chi connectivity index (χ3n) is 5.41. The monoisotopic (exact) mass is 424 g/mol. The minimum absolute atomic E-state index is 0.143. The van der Waals surface area contributed by atoms with Gasteiger partial charge in [0.25, 0.3) is 5.56 Å². The SMILES string of the molecule is COc1ccc2cc(-c3nc4ccc(Cl)cn4c3NCC3CCCO3)c(=O)[nH]c2c1. The number of aromatic nitrogens is 3. The van der Waals surface area contributed by atoms with Gasteiger partial charge in [0.1, 0.15) is 22.9 Å². The minimum Gasteiger partial charge on any atom is -0.497 e. The van der Waals surface area contributed by atoms with Crippen molar-refractivity contribution in [2.45, 2.75) is 18.9 Å². The minimum atomic E-state index is -0.217. The molecule has 1 aliphatic heterocycles. The number of benzene rings is 1. The molecule has 154 valence electrons. The molecular weight excluding hydrogens is 404 g/mol. The summed E-state index contributed by atoms with van der Waals surface area (Å²) in [5.74, 6) is 1.41. The Kier molecular flexibility index (Phi) is 4.84. The number of methoxy groups -OCH3 is 1. The number of hydrogen-bond donors (Lipinski definition) is 2. The molecule has 0 radical (unpaired) electrons. The highest BCUT2D eigenvalue weighted by Crippen LogP contribution is 2.30. The molecule has 0 amide bonds. The first kappa shape index (κ1) is 19.0. The smallest absolute Gasteiger partial charge is 0.258 e. The fourth-order valence-electron chi connectivity index (χ4n) is 3.87. The van der Waals surface area contributed by atoms with E-state index in [9.17, 15) is 4.79 Å². The molecular formula is C22H21ClN4O3. The van der Waals surface area contributed by atoms with Crippen LogP contribution in [0, 0.1) is 0 Å². The molecule has 3 aromatic heterocycles. The van der Waals surface area contributed by atoms with Crippen LogP contribution in [-0.4, -0.2) is 40.7 Å². The topological polar surface area (TPSA) is 80.7 Å². The van der Waals surface area contributed by atoms with E-state index in [0.717, 1.165) is 30.7 Å². The number of hydrogen-bond acceptors (Lipinski definition) is 5. The second-order valence-electron chi connectivity index (χ2n) is 7.37. The predicted octanol–water partition coefficient (Wildman–Crippen LogP) is 4.10. The van der Waals surface area contributed by atoms with Crippen LogP contribution in [0.25, 0.3) is 27.8 Å². The molecule has 1 atom stereocenters. The van der Waals surface area contributed by atoms with Crippen molar-refractivity contribution in [3.8, 4) is 17.0 Å². The van der Waals surface area contributed by atoms with Crippen LogP contribution in [0.4, 0.5) is 5.82 Å². The number of imidazole rings is 1. The number of halogens is 1. The predicted molar refractivity (Wildman–Crippen MR) is 118 cm³/mol. The van der Waals surface area contributed by atoms with Crippen molar-refractivity contribution in [1.29, 1.82) is 0 Å². The van der Waals surface area contributed by atoms with E-state index in [2.05, 4.69) is 10.3 Å². The van der Waals surface area contributed by atoms with Gasteiger partial charge in [-0.2, -0.15) is 0 Å². The molecule has 0 spiro atoms. The maximum Gasteiger partial charge on any atom is 0.258 e. The third kappa shape index (κ3) is 3.40. The molecule has 5 rings (SSSR count). The van der Waals surface area contributed by atoms with Gasteiger partial charge in [-0.3, -0.25) is 9.20 Å². The van der Waals surface area contributed by atoms with E-state index >= 15 is 0 Å². The number of ether oxygens (including phenoxy) is 2. The quantitative estimate of drug-likeness (QED) is 0.504. The van der Waals surface area contributed by atoms with Crippen LogP contribution in [0.15, 0.2) is 47.4 Å². The molecule has 2 N–H and O–H groups in total. The van der Waals surface area contributed by atoms with Crippen LogP contribution in [0.3, 0.4) is 0 Å². The lowest BCUT2D eigenvalue weighted by atomic mass is 10.1. The molecule has 7 nitrogen and oxygen atoms in total. The van der Waals surface area contributed by atoms with Crippen molar-refractivity contribution < 1.29 is 9.47 Å². The van der Waals surface area contributed by atoms with Gasteiger partial charge in [0, 0.05) is 25.4 Å². The second kappa shape index (κ2) is 7.66. The molecule has 0 saturated carbocycles. The number of aromatic amines is 1. The molecule has 4 heterocycles. The largest absolute Gasteiger partial charge is 0.497 e. The number of nitrogens with zero attached hydrogens (tertiary/aromatic N) is 2. The van der Waals surface area contributed by atoms with Gasteiger partial charge in [0.05, 0.1) is 29.3 Å². The van der Waals surface area contributed by atoms with Crippen LogP contribution in [0.2, 0.25) is 5.02 Å². The molecule has 1 aliphatic rings. The summed E-state index contributed by atoms with van der Waals surface area (Å²) in [5.41, 5.74) is 2.27. The average Bonchev–Trinajstić information content (AvgIpc) is 3.38. The molecule has 1 saturated heterocycles. The number of fused-ring (bicyclic) bond motifs is 2. The first-order valence-electron chi connectivity index (χ1n) is 9.87. The first-order chi connectivity index (χ1) is 14.6. The molecule has 8 heteroatoms. The summed E-state index contributed by atoms with van der Waals surface area (Å²) in [4.78, 5) is 20.6. The van der Waals surface area contributed by atoms with Crippen molar-refractivity contribution in [1.82, 2.24) is 14.4 Å². The van der Waals surface area contributed by atoms with Crippen LogP contribution in [0.1, 0.15) is 12.8 Å².